The fraction of sp³-hybridized carbons (Fsp3) is 0.458. The molecule has 3 heterocycles. The fourth-order valence-corrected chi connectivity index (χ4v) is 4.46. The van der Waals surface area contributed by atoms with E-state index in [-0.39, 0.29) is 6.04 Å². The number of halogens is 1. The number of hydrogen-bond donors (Lipinski definition) is 2. The summed E-state index contributed by atoms with van der Waals surface area (Å²) in [5.41, 5.74) is 10.3. The maximum absolute atomic E-state index is 5.66. The molecular weight excluding hydrogens is 454 g/mol. The van der Waals surface area contributed by atoms with E-state index >= 15 is 0 Å². The Morgan fingerprint density at radius 3 is 2.74 bits per heavy atom. The highest BCUT2D eigenvalue weighted by atomic mass is 79.9. The number of amidine groups is 1. The van der Waals surface area contributed by atoms with Crippen molar-refractivity contribution in [3.05, 3.63) is 58.2 Å². The molecule has 7 heteroatoms. The molecule has 1 unspecified atom stereocenters. The van der Waals surface area contributed by atoms with Gasteiger partial charge in [0, 0.05) is 42.4 Å². The van der Waals surface area contributed by atoms with Crippen molar-refractivity contribution >= 4 is 33.1 Å². The van der Waals surface area contributed by atoms with Crippen LogP contribution >= 0.6 is 15.9 Å². The lowest BCUT2D eigenvalue weighted by Crippen LogP contribution is -2.42. The lowest BCUT2D eigenvalue weighted by Gasteiger charge is -2.35. The molecule has 1 aromatic carbocycles. The molecule has 0 spiro atoms. The first kappa shape index (κ1) is 23.6. The van der Waals surface area contributed by atoms with Crippen LogP contribution in [-0.4, -0.2) is 63.2 Å². The number of ether oxygens (including phenoxy) is 1. The lowest BCUT2D eigenvalue weighted by molar-refractivity contribution is 0.122. The Balaban J connectivity index is 0.00000132. The first-order valence-electron chi connectivity index (χ1n) is 11.1. The number of nitrogens with one attached hydrogen (secondary N) is 1. The number of aliphatic imine (C=N–C) groups is 1. The van der Waals surface area contributed by atoms with E-state index in [1.807, 2.05) is 13.8 Å². The van der Waals surface area contributed by atoms with Gasteiger partial charge in [0.05, 0.1) is 24.9 Å². The number of anilines is 1. The summed E-state index contributed by atoms with van der Waals surface area (Å²) in [7, 11) is 2.10. The van der Waals surface area contributed by atoms with Gasteiger partial charge in [0.25, 0.3) is 0 Å². The summed E-state index contributed by atoms with van der Waals surface area (Å²) in [4.78, 5) is 9.38. The van der Waals surface area contributed by atoms with Crippen LogP contribution in [0.2, 0.25) is 0 Å². The van der Waals surface area contributed by atoms with Crippen molar-refractivity contribution in [1.82, 2.24) is 10.2 Å². The minimum atomic E-state index is 0.172. The van der Waals surface area contributed by atoms with Crippen molar-refractivity contribution in [3.63, 3.8) is 0 Å². The third-order valence-electron chi connectivity index (χ3n) is 5.45. The van der Waals surface area contributed by atoms with Crippen LogP contribution in [0.25, 0.3) is 5.70 Å². The Bertz CT molecular complexity index is 871. The van der Waals surface area contributed by atoms with Crippen LogP contribution in [0.5, 0.6) is 0 Å². The van der Waals surface area contributed by atoms with E-state index in [2.05, 4.69) is 80.7 Å². The minimum absolute atomic E-state index is 0.172. The van der Waals surface area contributed by atoms with Gasteiger partial charge in [0.2, 0.25) is 0 Å². The lowest BCUT2D eigenvalue weighted by atomic mass is 9.94. The summed E-state index contributed by atoms with van der Waals surface area (Å²) in [6, 6.07) is 6.73. The van der Waals surface area contributed by atoms with Gasteiger partial charge in [-0.25, -0.2) is 0 Å². The number of morpholine rings is 1. The zero-order chi connectivity index (χ0) is 22.2. The smallest absolute Gasteiger partial charge is 0.131 e. The average molecular weight is 488 g/mol. The molecule has 0 bridgehead atoms. The number of allylic oxidation sites excluding steroid dienone is 2. The molecule has 168 valence electrons. The van der Waals surface area contributed by atoms with Gasteiger partial charge in [-0.05, 0) is 64.9 Å². The second-order valence-corrected chi connectivity index (χ2v) is 8.27. The molecule has 1 atom stereocenters. The maximum Gasteiger partial charge on any atom is 0.131 e. The normalized spacial score (nSPS) is 21.6. The summed E-state index contributed by atoms with van der Waals surface area (Å²) < 4.78 is 6.58. The Hall–Kier alpha value is -2.09. The Labute approximate surface area is 194 Å². The Morgan fingerprint density at radius 1 is 1.26 bits per heavy atom. The van der Waals surface area contributed by atoms with E-state index in [0.717, 1.165) is 60.8 Å². The monoisotopic (exact) mass is 487 g/mol. The second kappa shape index (κ2) is 11.5. The van der Waals surface area contributed by atoms with Crippen molar-refractivity contribution < 1.29 is 4.74 Å². The molecule has 4 rings (SSSR count). The van der Waals surface area contributed by atoms with E-state index in [1.54, 1.807) is 0 Å². The predicted octanol–water partition coefficient (Wildman–Crippen LogP) is 3.76. The summed E-state index contributed by atoms with van der Waals surface area (Å²) in [5.74, 6) is 0.936. The molecule has 3 aliphatic rings. The summed E-state index contributed by atoms with van der Waals surface area (Å²) in [6.45, 7) is 8.77. The van der Waals surface area contributed by atoms with Gasteiger partial charge in [0.15, 0.2) is 0 Å². The van der Waals surface area contributed by atoms with Crippen molar-refractivity contribution in [2.75, 3.05) is 51.3 Å². The first-order chi connectivity index (χ1) is 15.2. The Kier molecular flexibility index (Phi) is 8.75. The van der Waals surface area contributed by atoms with E-state index in [1.165, 1.54) is 11.3 Å². The van der Waals surface area contributed by atoms with Crippen LogP contribution in [0.3, 0.4) is 0 Å². The quantitative estimate of drug-likeness (QED) is 0.618. The van der Waals surface area contributed by atoms with E-state index in [9.17, 15) is 0 Å². The molecule has 1 fully saturated rings. The molecule has 3 N–H and O–H groups in total. The largest absolute Gasteiger partial charge is 0.378 e. The zero-order valence-corrected chi connectivity index (χ0v) is 20.4. The molecule has 1 aromatic rings. The van der Waals surface area contributed by atoms with E-state index in [4.69, 9.17) is 15.5 Å². The van der Waals surface area contributed by atoms with E-state index in [0.29, 0.717) is 6.54 Å². The highest BCUT2D eigenvalue weighted by Crippen LogP contribution is 2.32. The van der Waals surface area contributed by atoms with Gasteiger partial charge in [-0.3, -0.25) is 4.99 Å². The summed E-state index contributed by atoms with van der Waals surface area (Å²) in [5, 5.41) is 3.56. The van der Waals surface area contributed by atoms with Gasteiger partial charge < -0.3 is 25.6 Å². The zero-order valence-electron chi connectivity index (χ0n) is 18.8. The number of rotatable bonds is 5. The van der Waals surface area contributed by atoms with Gasteiger partial charge >= 0.3 is 0 Å². The maximum atomic E-state index is 5.66. The molecule has 0 aliphatic carbocycles. The highest BCUT2D eigenvalue weighted by Gasteiger charge is 2.28. The van der Waals surface area contributed by atoms with Crippen molar-refractivity contribution in [2.24, 2.45) is 10.7 Å². The topological polar surface area (TPSA) is 66.1 Å². The fourth-order valence-electron chi connectivity index (χ4n) is 3.84. The molecule has 1 saturated heterocycles. The van der Waals surface area contributed by atoms with Crippen LogP contribution in [0.4, 0.5) is 5.69 Å². The number of nitrogens with zero attached hydrogens (tertiary/aromatic N) is 3. The third kappa shape index (κ3) is 5.59. The van der Waals surface area contributed by atoms with Gasteiger partial charge in [-0.15, -0.1) is 0 Å². The van der Waals surface area contributed by atoms with Gasteiger partial charge in [-0.1, -0.05) is 26.0 Å². The molecule has 0 amide bonds. The number of hydrogen-bond acceptors (Lipinski definition) is 5. The molecule has 3 aliphatic heterocycles. The molecule has 0 radical (unpaired) electrons. The third-order valence-corrected chi connectivity index (χ3v) is 6.08. The van der Waals surface area contributed by atoms with Crippen molar-refractivity contribution in [1.29, 1.82) is 0 Å². The number of nitrogens with two attached hydrogens (primary N) is 1. The van der Waals surface area contributed by atoms with Crippen molar-refractivity contribution in [2.45, 2.75) is 26.3 Å². The number of fused-ring (bicyclic) bond motifs is 1. The van der Waals surface area contributed by atoms with Crippen LogP contribution in [0.15, 0.2) is 57.7 Å². The summed E-state index contributed by atoms with van der Waals surface area (Å²) >= 11 is 3.78. The first-order valence-corrected chi connectivity index (χ1v) is 11.9. The standard InChI is InChI=1S/C22H28BrN5O.C2H6/c1-27-9-2-4-17-21(27)15-19(26-22(17)25-8-3-7-24)16-5-6-20(18(23)14-16)28-10-12-29-13-11-28;1-2/h2,4-6,9,14-15,21H,3,7-8,10-13,24H2,1H3,(H,25,26);1-2H3. The molecule has 0 aromatic heterocycles. The molecule has 31 heavy (non-hydrogen) atoms. The van der Waals surface area contributed by atoms with Crippen LogP contribution in [0, 0.1) is 0 Å². The predicted molar refractivity (Wildman–Crippen MR) is 134 cm³/mol. The van der Waals surface area contributed by atoms with Gasteiger partial charge in [0.1, 0.15) is 5.84 Å². The second-order valence-electron chi connectivity index (χ2n) is 7.42. The van der Waals surface area contributed by atoms with Gasteiger partial charge in [-0.2, -0.15) is 0 Å². The van der Waals surface area contributed by atoms with Crippen molar-refractivity contribution in [3.8, 4) is 0 Å². The molecule has 6 nitrogen and oxygen atoms in total. The average Bonchev–Trinajstić information content (AvgIpc) is 2.81. The Morgan fingerprint density at radius 2 is 2.03 bits per heavy atom. The minimum Gasteiger partial charge on any atom is -0.378 e. The highest BCUT2D eigenvalue weighted by molar-refractivity contribution is 9.10. The SMILES string of the molecule is CC.CN1C=CC=C2C(=NCCCN)NC(c3ccc(N4CCOCC4)c(Br)c3)=CC21. The molecule has 0 saturated carbocycles. The van der Waals surface area contributed by atoms with Crippen LogP contribution < -0.4 is 16.0 Å². The van der Waals surface area contributed by atoms with Crippen LogP contribution in [-0.2, 0) is 4.74 Å². The van der Waals surface area contributed by atoms with E-state index < -0.39 is 0 Å². The van der Waals surface area contributed by atoms with Crippen LogP contribution in [0.1, 0.15) is 25.8 Å². The molecular formula is C24H34BrN5O. The summed E-state index contributed by atoms with van der Waals surface area (Å²) in [6.07, 6.45) is 9.46. The number of benzene rings is 1. The number of likely N-dealkylation sites (N-methyl/N-ethyl adjacent to an activating group) is 1.